The van der Waals surface area contributed by atoms with E-state index in [1.165, 1.54) is 41.3 Å². The van der Waals surface area contributed by atoms with Crippen molar-refractivity contribution >= 4 is 51.6 Å². The van der Waals surface area contributed by atoms with Gasteiger partial charge in [0.2, 0.25) is 5.91 Å². The molecule has 2 heterocycles. The molecule has 14 heteroatoms. The highest BCUT2D eigenvalue weighted by atomic mass is 32.2. The first-order valence-corrected chi connectivity index (χ1v) is 15.2. The molecule has 0 unspecified atom stereocenters. The van der Waals surface area contributed by atoms with E-state index in [2.05, 4.69) is 27.8 Å². The van der Waals surface area contributed by atoms with Crippen LogP contribution in [0.1, 0.15) is 75.7 Å². The molecular weight excluding hydrogens is 568 g/mol. The number of nitro benzene ring substituents is 1. The average Bonchev–Trinajstić information content (AvgIpc) is 3.64. The lowest BCUT2D eigenvalue weighted by molar-refractivity contribution is -0.385. The molecule has 0 radical (unpaired) electrons. The largest absolute Gasteiger partial charge is 0.462 e. The summed E-state index contributed by atoms with van der Waals surface area (Å²) >= 11 is 2.65. The van der Waals surface area contributed by atoms with Crippen LogP contribution in [0.4, 0.5) is 10.7 Å². The maximum absolute atomic E-state index is 12.9. The van der Waals surface area contributed by atoms with Crippen LogP contribution in [0, 0.1) is 17.0 Å². The lowest BCUT2D eigenvalue weighted by Gasteiger charge is -2.11. The molecule has 0 saturated carbocycles. The fourth-order valence-corrected chi connectivity index (χ4v) is 6.59. The van der Waals surface area contributed by atoms with E-state index >= 15 is 0 Å². The van der Waals surface area contributed by atoms with Crippen molar-refractivity contribution in [1.82, 2.24) is 20.1 Å². The third-order valence-electron chi connectivity index (χ3n) is 6.59. The van der Waals surface area contributed by atoms with Crippen LogP contribution >= 0.6 is 23.1 Å². The Hall–Kier alpha value is -3.78. The standard InChI is InChI=1S/C27H32N6O6S2/c1-4-6-12-32-21(14-28-24(35)17-11-10-16(3)19(13-17)33(37)38)30-31-27(32)40-15-22(34)29-25-23(26(36)39-5-2)18-8-7-9-20(18)41-25/h10-11,13H,4-9,12,14-15H2,1-3H3,(H,28,35)(H,29,34). The molecule has 2 aromatic heterocycles. The fourth-order valence-electron chi connectivity index (χ4n) is 4.51. The number of nitrogens with zero attached hydrogens (tertiary/aromatic N) is 4. The number of nitro groups is 1. The highest BCUT2D eigenvalue weighted by Gasteiger charge is 2.28. The van der Waals surface area contributed by atoms with Gasteiger partial charge in [0, 0.05) is 28.6 Å². The van der Waals surface area contributed by atoms with Gasteiger partial charge in [-0.1, -0.05) is 31.2 Å². The zero-order chi connectivity index (χ0) is 29.5. The minimum absolute atomic E-state index is 0.0501. The van der Waals surface area contributed by atoms with E-state index in [1.54, 1.807) is 13.8 Å². The van der Waals surface area contributed by atoms with Crippen LogP contribution < -0.4 is 10.6 Å². The molecule has 0 fully saturated rings. The summed E-state index contributed by atoms with van der Waals surface area (Å²) in [5, 5.41) is 26.4. The molecule has 1 aromatic carbocycles. The number of amides is 2. The first-order valence-electron chi connectivity index (χ1n) is 13.4. The predicted octanol–water partition coefficient (Wildman–Crippen LogP) is 4.68. The number of hydrogen-bond donors (Lipinski definition) is 2. The van der Waals surface area contributed by atoms with Crippen molar-refractivity contribution in [2.75, 3.05) is 17.7 Å². The third-order valence-corrected chi connectivity index (χ3v) is 8.76. The van der Waals surface area contributed by atoms with Crippen LogP contribution in [0.5, 0.6) is 0 Å². The molecule has 0 bridgehead atoms. The second-order valence-electron chi connectivity index (χ2n) is 9.46. The van der Waals surface area contributed by atoms with Crippen LogP contribution in [0.3, 0.4) is 0 Å². The van der Waals surface area contributed by atoms with E-state index in [9.17, 15) is 24.5 Å². The van der Waals surface area contributed by atoms with E-state index in [0.717, 1.165) is 42.5 Å². The molecule has 0 saturated heterocycles. The number of ether oxygens (including phenoxy) is 1. The van der Waals surface area contributed by atoms with Gasteiger partial charge in [-0.2, -0.15) is 0 Å². The highest BCUT2D eigenvalue weighted by molar-refractivity contribution is 7.99. The number of thiophene rings is 1. The van der Waals surface area contributed by atoms with Crippen LogP contribution in [-0.2, 0) is 35.5 Å². The topological polar surface area (TPSA) is 158 Å². The Kier molecular flexibility index (Phi) is 10.1. The summed E-state index contributed by atoms with van der Waals surface area (Å²) in [6.45, 7) is 6.33. The van der Waals surface area contributed by atoms with Gasteiger partial charge >= 0.3 is 5.97 Å². The highest BCUT2D eigenvalue weighted by Crippen LogP contribution is 2.39. The van der Waals surface area contributed by atoms with Crippen molar-refractivity contribution in [1.29, 1.82) is 0 Å². The average molecular weight is 601 g/mol. The third kappa shape index (κ3) is 7.11. The normalized spacial score (nSPS) is 12.2. The Morgan fingerprint density at radius 2 is 2.02 bits per heavy atom. The number of nitrogens with one attached hydrogen (secondary N) is 2. The Balaban J connectivity index is 1.42. The zero-order valence-corrected chi connectivity index (χ0v) is 24.8. The lowest BCUT2D eigenvalue weighted by atomic mass is 10.1. The monoisotopic (exact) mass is 600 g/mol. The van der Waals surface area contributed by atoms with Crippen LogP contribution in [0.15, 0.2) is 23.4 Å². The molecule has 1 aliphatic rings. The Morgan fingerprint density at radius 3 is 2.76 bits per heavy atom. The van der Waals surface area contributed by atoms with E-state index in [0.29, 0.717) is 33.7 Å². The molecule has 3 aromatic rings. The quantitative estimate of drug-likeness (QED) is 0.123. The van der Waals surface area contributed by atoms with Crippen LogP contribution in [0.2, 0.25) is 0 Å². The van der Waals surface area contributed by atoms with Gasteiger partial charge in [0.1, 0.15) is 5.00 Å². The summed E-state index contributed by atoms with van der Waals surface area (Å²) in [5.41, 5.74) is 1.96. The summed E-state index contributed by atoms with van der Waals surface area (Å²) in [6, 6.07) is 4.33. The van der Waals surface area contributed by atoms with Crippen LogP contribution in [0.25, 0.3) is 0 Å². The molecular formula is C27H32N6O6S2. The number of carbonyl (C=O) groups excluding carboxylic acids is 3. The predicted molar refractivity (Wildman–Crippen MR) is 156 cm³/mol. The van der Waals surface area contributed by atoms with Gasteiger partial charge in [0.15, 0.2) is 11.0 Å². The smallest absolute Gasteiger partial charge is 0.341 e. The lowest BCUT2D eigenvalue weighted by Crippen LogP contribution is -2.25. The van der Waals surface area contributed by atoms with Crippen molar-refractivity contribution in [3.8, 4) is 0 Å². The first-order chi connectivity index (χ1) is 19.7. The molecule has 2 N–H and O–H groups in total. The number of hydrogen-bond acceptors (Lipinski definition) is 10. The van der Waals surface area contributed by atoms with Crippen molar-refractivity contribution in [3.05, 3.63) is 61.3 Å². The summed E-state index contributed by atoms with van der Waals surface area (Å²) in [6.07, 6.45) is 4.43. The summed E-state index contributed by atoms with van der Waals surface area (Å²) < 4.78 is 7.10. The van der Waals surface area contributed by atoms with Gasteiger partial charge in [-0.05, 0) is 51.2 Å². The summed E-state index contributed by atoms with van der Waals surface area (Å²) in [5.74, 6) is -0.598. The molecule has 4 rings (SSSR count). The summed E-state index contributed by atoms with van der Waals surface area (Å²) in [7, 11) is 0. The first kappa shape index (κ1) is 30.2. The van der Waals surface area contributed by atoms with E-state index in [4.69, 9.17) is 4.74 Å². The SMILES string of the molecule is CCCCn1c(CNC(=O)c2ccc(C)c([N+](=O)[O-])c2)nnc1SCC(=O)Nc1sc2c(c1C(=O)OCC)CCC2. The van der Waals surface area contributed by atoms with E-state index in [-0.39, 0.29) is 36.1 Å². The molecule has 0 atom stereocenters. The van der Waals surface area contributed by atoms with Gasteiger partial charge < -0.3 is 19.9 Å². The molecule has 12 nitrogen and oxygen atoms in total. The Morgan fingerprint density at radius 1 is 1.22 bits per heavy atom. The van der Waals surface area contributed by atoms with Crippen LogP contribution in [-0.4, -0.2) is 49.8 Å². The molecule has 0 spiro atoms. The van der Waals surface area contributed by atoms with Gasteiger partial charge in [0.05, 0.1) is 29.4 Å². The van der Waals surface area contributed by atoms with Gasteiger partial charge in [-0.3, -0.25) is 19.7 Å². The van der Waals surface area contributed by atoms with Gasteiger partial charge in [-0.15, -0.1) is 21.5 Å². The van der Waals surface area contributed by atoms with E-state index < -0.39 is 16.8 Å². The second-order valence-corrected chi connectivity index (χ2v) is 11.5. The Bertz CT molecular complexity index is 1470. The number of esters is 1. The number of thioether (sulfide) groups is 1. The maximum atomic E-state index is 12.9. The molecule has 0 aliphatic heterocycles. The number of benzene rings is 1. The van der Waals surface area contributed by atoms with Crippen molar-refractivity contribution in [2.45, 2.75) is 71.1 Å². The van der Waals surface area contributed by atoms with Crippen molar-refractivity contribution in [3.63, 3.8) is 0 Å². The maximum Gasteiger partial charge on any atom is 0.341 e. The minimum Gasteiger partial charge on any atom is -0.462 e. The van der Waals surface area contributed by atoms with Gasteiger partial charge in [0.25, 0.3) is 11.6 Å². The number of carbonyl (C=O) groups is 3. The molecule has 218 valence electrons. The number of anilines is 1. The zero-order valence-electron chi connectivity index (χ0n) is 23.2. The van der Waals surface area contributed by atoms with Crippen molar-refractivity contribution in [2.24, 2.45) is 0 Å². The van der Waals surface area contributed by atoms with E-state index in [1.807, 2.05) is 4.57 Å². The molecule has 2 amide bonds. The number of aryl methyl sites for hydroxylation is 2. The fraction of sp³-hybridized carbons (Fsp3) is 0.444. The Labute approximate surface area is 245 Å². The number of rotatable bonds is 13. The molecule has 41 heavy (non-hydrogen) atoms. The van der Waals surface area contributed by atoms with Crippen molar-refractivity contribution < 1.29 is 24.0 Å². The second kappa shape index (κ2) is 13.7. The molecule has 1 aliphatic carbocycles. The number of aromatic nitrogens is 3. The summed E-state index contributed by atoms with van der Waals surface area (Å²) in [4.78, 5) is 50.1. The number of unbranched alkanes of at least 4 members (excludes halogenated alkanes) is 1. The minimum atomic E-state index is -0.518. The number of fused-ring (bicyclic) bond motifs is 1. The van der Waals surface area contributed by atoms with Gasteiger partial charge in [-0.25, -0.2) is 4.79 Å².